The van der Waals surface area contributed by atoms with E-state index in [1.807, 2.05) is 142 Å². The number of hydrogen-bond donors (Lipinski definition) is 0. The molecule has 1 aliphatic rings. The van der Waals surface area contributed by atoms with Gasteiger partial charge in [0.15, 0.2) is 6.29 Å². The number of carbonyl (C=O) groups is 1. The molecule has 8 heteroatoms. The van der Waals surface area contributed by atoms with Crippen LogP contribution >= 0.6 is 0 Å². The largest absolute Gasteiger partial charge is 0.458 e. The summed E-state index contributed by atoms with van der Waals surface area (Å²) in [6.45, 7) is 6.60. The lowest BCUT2D eigenvalue weighted by atomic mass is 9.97. The average Bonchev–Trinajstić information content (AvgIpc) is 3.09. The van der Waals surface area contributed by atoms with E-state index in [1.54, 1.807) is 0 Å². The van der Waals surface area contributed by atoms with E-state index in [0.29, 0.717) is 19.8 Å². The minimum atomic E-state index is -0.982. The molecule has 1 saturated heterocycles. The van der Waals surface area contributed by atoms with E-state index in [-0.39, 0.29) is 19.8 Å². The highest BCUT2D eigenvalue weighted by atomic mass is 16.7. The van der Waals surface area contributed by atoms with Gasteiger partial charge in [-0.2, -0.15) is 0 Å². The third-order valence-electron chi connectivity index (χ3n) is 7.63. The summed E-state index contributed by atoms with van der Waals surface area (Å²) in [4.78, 5) is 12.8. The molecule has 8 nitrogen and oxygen atoms in total. The van der Waals surface area contributed by atoms with Crippen LogP contribution in [0.5, 0.6) is 0 Å². The monoisotopic (exact) mass is 654 g/mol. The molecule has 1 unspecified atom stereocenters. The fourth-order valence-corrected chi connectivity index (χ4v) is 5.40. The molecular formula is C40H46O8. The zero-order valence-electron chi connectivity index (χ0n) is 27.9. The molecular weight excluding hydrogens is 608 g/mol. The van der Waals surface area contributed by atoms with E-state index < -0.39 is 42.3 Å². The van der Waals surface area contributed by atoms with Crippen LogP contribution in [-0.4, -0.2) is 55.5 Å². The Morgan fingerprint density at radius 1 is 0.562 bits per heavy atom. The van der Waals surface area contributed by atoms with Crippen LogP contribution in [0.3, 0.4) is 0 Å². The van der Waals surface area contributed by atoms with Crippen LogP contribution in [-0.2, 0) is 64.4 Å². The lowest BCUT2D eigenvalue weighted by molar-refractivity contribution is -0.327. The molecule has 4 aromatic rings. The van der Waals surface area contributed by atoms with Crippen molar-refractivity contribution in [2.75, 3.05) is 13.2 Å². The van der Waals surface area contributed by atoms with Crippen molar-refractivity contribution in [3.63, 3.8) is 0 Å². The summed E-state index contributed by atoms with van der Waals surface area (Å²) < 4.78 is 44.4. The number of carbonyl (C=O) groups excluding carboxylic acids is 1. The van der Waals surface area contributed by atoms with Crippen LogP contribution in [0.1, 0.15) is 43.0 Å². The number of ether oxygens (including phenoxy) is 7. The average molecular weight is 655 g/mol. The molecule has 0 amide bonds. The van der Waals surface area contributed by atoms with Crippen molar-refractivity contribution in [2.45, 2.75) is 83.5 Å². The fraction of sp³-hybridized carbons (Fsp3) is 0.375. The molecule has 1 fully saturated rings. The summed E-state index contributed by atoms with van der Waals surface area (Å²) in [5.41, 5.74) is 3.35. The minimum Gasteiger partial charge on any atom is -0.458 e. The van der Waals surface area contributed by atoms with Crippen molar-refractivity contribution in [1.82, 2.24) is 0 Å². The number of hydrogen-bond acceptors (Lipinski definition) is 8. The molecule has 5 rings (SSSR count). The predicted octanol–water partition coefficient (Wildman–Crippen LogP) is 7.04. The maximum atomic E-state index is 12.8. The molecule has 1 heterocycles. The minimum absolute atomic E-state index is 0.192. The Hall–Kier alpha value is -3.89. The first-order valence-corrected chi connectivity index (χ1v) is 16.4. The van der Waals surface area contributed by atoms with Crippen LogP contribution in [0.25, 0.3) is 0 Å². The zero-order chi connectivity index (χ0) is 33.6. The van der Waals surface area contributed by atoms with Gasteiger partial charge in [-0.15, -0.1) is 0 Å². The van der Waals surface area contributed by atoms with Gasteiger partial charge in [0.1, 0.15) is 36.6 Å². The molecule has 254 valence electrons. The van der Waals surface area contributed by atoms with Gasteiger partial charge in [0.05, 0.1) is 33.0 Å². The second-order valence-corrected chi connectivity index (χ2v) is 12.7. The van der Waals surface area contributed by atoms with E-state index >= 15 is 0 Å². The quantitative estimate of drug-likeness (QED) is 0.119. The summed E-state index contributed by atoms with van der Waals surface area (Å²) in [5, 5.41) is 0. The first-order valence-electron chi connectivity index (χ1n) is 16.4. The van der Waals surface area contributed by atoms with E-state index in [0.717, 1.165) is 22.3 Å². The van der Waals surface area contributed by atoms with Gasteiger partial charge in [-0.1, -0.05) is 121 Å². The summed E-state index contributed by atoms with van der Waals surface area (Å²) in [6.07, 6.45) is -3.61. The van der Waals surface area contributed by atoms with E-state index in [4.69, 9.17) is 33.2 Å². The second kappa shape index (κ2) is 18.0. The summed E-state index contributed by atoms with van der Waals surface area (Å²) in [7, 11) is 0. The van der Waals surface area contributed by atoms with Gasteiger partial charge in [0.2, 0.25) is 0 Å². The van der Waals surface area contributed by atoms with E-state index in [1.165, 1.54) is 0 Å². The molecule has 0 radical (unpaired) electrons. The molecule has 0 saturated carbocycles. The summed E-state index contributed by atoms with van der Waals surface area (Å²) in [5.74, 6) is -0.506. The Bertz CT molecular complexity index is 1480. The highest BCUT2D eigenvalue weighted by Crippen LogP contribution is 2.32. The predicted molar refractivity (Wildman–Crippen MR) is 182 cm³/mol. The van der Waals surface area contributed by atoms with Crippen molar-refractivity contribution in [3.05, 3.63) is 144 Å². The van der Waals surface area contributed by atoms with Gasteiger partial charge in [-0.25, -0.2) is 4.79 Å². The Morgan fingerprint density at radius 3 is 1.44 bits per heavy atom. The lowest BCUT2D eigenvalue weighted by Crippen LogP contribution is -2.62. The van der Waals surface area contributed by atoms with Crippen molar-refractivity contribution in [3.8, 4) is 0 Å². The Kier molecular flexibility index (Phi) is 13.3. The SMILES string of the molecule is CC(C)(C)OC(=O)COC1O[C@H](COCc2ccccc2)[C@@H](OCc2ccccc2)[C@H](OCc2ccccc2)[C@@H]1OCc1ccccc1. The molecule has 0 aromatic heterocycles. The molecule has 0 aliphatic carbocycles. The number of esters is 1. The first-order chi connectivity index (χ1) is 23.3. The van der Waals surface area contributed by atoms with Crippen molar-refractivity contribution >= 4 is 5.97 Å². The highest BCUT2D eigenvalue weighted by Gasteiger charge is 2.49. The van der Waals surface area contributed by atoms with E-state index in [9.17, 15) is 4.79 Å². The smallest absolute Gasteiger partial charge is 0.332 e. The summed E-state index contributed by atoms with van der Waals surface area (Å²) in [6, 6.07) is 39.7. The zero-order valence-corrected chi connectivity index (χ0v) is 27.9. The fourth-order valence-electron chi connectivity index (χ4n) is 5.40. The molecule has 48 heavy (non-hydrogen) atoms. The standard InChI is InChI=1S/C40H46O8/c1-40(2,3)48-35(41)29-46-39-38(45-27-33-22-14-7-15-23-33)37(44-26-32-20-12-6-13-21-32)36(43-25-31-18-10-5-11-19-31)34(47-39)28-42-24-30-16-8-4-9-17-30/h4-23,34,36-39H,24-29H2,1-3H3/t34-,36-,37+,38+,39?/m1/s1. The Balaban J connectivity index is 1.44. The third kappa shape index (κ3) is 11.4. The maximum Gasteiger partial charge on any atom is 0.332 e. The third-order valence-corrected chi connectivity index (χ3v) is 7.63. The van der Waals surface area contributed by atoms with Crippen molar-refractivity contribution in [1.29, 1.82) is 0 Å². The van der Waals surface area contributed by atoms with E-state index in [2.05, 4.69) is 0 Å². The van der Waals surface area contributed by atoms with Crippen LogP contribution in [0, 0.1) is 0 Å². The molecule has 5 atom stereocenters. The first kappa shape index (κ1) is 35.4. The van der Waals surface area contributed by atoms with Crippen LogP contribution in [0.2, 0.25) is 0 Å². The van der Waals surface area contributed by atoms with Crippen molar-refractivity contribution < 1.29 is 38.0 Å². The van der Waals surface area contributed by atoms with Gasteiger partial charge in [-0.05, 0) is 43.0 Å². The van der Waals surface area contributed by atoms with Crippen LogP contribution in [0.15, 0.2) is 121 Å². The van der Waals surface area contributed by atoms with Crippen LogP contribution in [0.4, 0.5) is 0 Å². The van der Waals surface area contributed by atoms with Gasteiger partial charge in [0, 0.05) is 0 Å². The molecule has 0 bridgehead atoms. The molecule has 0 N–H and O–H groups in total. The Morgan fingerprint density at radius 2 is 0.979 bits per heavy atom. The van der Waals surface area contributed by atoms with Gasteiger partial charge in [0.25, 0.3) is 0 Å². The van der Waals surface area contributed by atoms with Gasteiger partial charge in [-0.3, -0.25) is 0 Å². The van der Waals surface area contributed by atoms with Crippen LogP contribution < -0.4 is 0 Å². The highest BCUT2D eigenvalue weighted by molar-refractivity contribution is 5.71. The number of benzene rings is 4. The molecule has 4 aromatic carbocycles. The lowest BCUT2D eigenvalue weighted by Gasteiger charge is -2.45. The molecule has 0 spiro atoms. The van der Waals surface area contributed by atoms with Crippen molar-refractivity contribution in [2.24, 2.45) is 0 Å². The molecule has 1 aliphatic heterocycles. The van der Waals surface area contributed by atoms with Gasteiger partial charge >= 0.3 is 5.97 Å². The summed E-state index contributed by atoms with van der Waals surface area (Å²) >= 11 is 0. The second-order valence-electron chi connectivity index (χ2n) is 12.7. The Labute approximate surface area is 283 Å². The normalized spacial score (nSPS) is 21.1. The number of rotatable bonds is 16. The van der Waals surface area contributed by atoms with Gasteiger partial charge < -0.3 is 33.2 Å². The topological polar surface area (TPSA) is 81.7 Å². The maximum absolute atomic E-state index is 12.8.